The summed E-state index contributed by atoms with van der Waals surface area (Å²) >= 11 is 0.694. The lowest BCUT2D eigenvalue weighted by molar-refractivity contribution is -0.143. The second kappa shape index (κ2) is 11.5. The van der Waals surface area contributed by atoms with Crippen molar-refractivity contribution in [3.8, 4) is 0 Å². The Bertz CT molecular complexity index is 1270. The third-order valence-electron chi connectivity index (χ3n) is 5.25. The quantitative estimate of drug-likeness (QED) is 0.347. The summed E-state index contributed by atoms with van der Waals surface area (Å²) in [5.74, 6) is -2.25. The van der Waals surface area contributed by atoms with E-state index in [1.165, 1.54) is 4.90 Å². The summed E-state index contributed by atoms with van der Waals surface area (Å²) in [6.07, 6.45) is 0.763. The first-order chi connectivity index (χ1) is 17.2. The van der Waals surface area contributed by atoms with Crippen molar-refractivity contribution < 1.29 is 28.3 Å². The van der Waals surface area contributed by atoms with Gasteiger partial charge in [0.2, 0.25) is 0 Å². The number of nitrogen functional groups attached to an aromatic ring is 1. The summed E-state index contributed by atoms with van der Waals surface area (Å²) < 4.78 is 14.5. The van der Waals surface area contributed by atoms with Gasteiger partial charge in [0.05, 0.1) is 12.3 Å². The summed E-state index contributed by atoms with van der Waals surface area (Å²) in [7, 11) is 0. The molecule has 0 saturated carbocycles. The number of nitrogens with one attached hydrogen (secondary N) is 1. The number of nitrogens with zero attached hydrogens (tertiary/aromatic N) is 2. The molecule has 3 rings (SSSR count). The molecule has 0 fully saturated rings. The number of anilines is 2. The van der Waals surface area contributed by atoms with Crippen LogP contribution >= 0.6 is 11.5 Å². The maximum absolute atomic E-state index is 13.9. The van der Waals surface area contributed by atoms with Gasteiger partial charge < -0.3 is 25.9 Å². The topological polar surface area (TPSA) is 171 Å². The van der Waals surface area contributed by atoms with Gasteiger partial charge in [0, 0.05) is 5.69 Å². The fourth-order valence-electron chi connectivity index (χ4n) is 3.46. The molecule has 0 bridgehead atoms. The number of nitrogens with two attached hydrogens (primary N) is 2. The average Bonchev–Trinajstić information content (AvgIpc) is 3.46. The number of benzene rings is 1. The number of hydrogen-bond donors (Lipinski definition) is 3. The van der Waals surface area contributed by atoms with Crippen molar-refractivity contribution in [2.24, 2.45) is 5.73 Å². The van der Waals surface area contributed by atoms with Gasteiger partial charge in [-0.2, -0.15) is 4.37 Å². The van der Waals surface area contributed by atoms with E-state index in [0.717, 1.165) is 12.0 Å². The van der Waals surface area contributed by atoms with Crippen LogP contribution in [0.3, 0.4) is 0 Å². The van der Waals surface area contributed by atoms with Crippen molar-refractivity contribution in [1.82, 2.24) is 9.69 Å². The zero-order valence-electron chi connectivity index (χ0n) is 20.1. The minimum Gasteiger partial charge on any atom is -0.465 e. The molecular weight excluding hydrogens is 486 g/mol. The second-order valence-corrected chi connectivity index (χ2v) is 8.48. The summed E-state index contributed by atoms with van der Waals surface area (Å²) in [6.45, 7) is 5.07. The molecule has 2 aromatic heterocycles. The number of aryl methyl sites for hydroxylation is 2. The number of esters is 1. The molecule has 0 aliphatic heterocycles. The van der Waals surface area contributed by atoms with E-state index in [9.17, 15) is 19.2 Å². The highest BCUT2D eigenvalue weighted by molar-refractivity contribution is 7.09. The lowest BCUT2D eigenvalue weighted by Gasteiger charge is -2.29. The molecule has 190 valence electrons. The van der Waals surface area contributed by atoms with E-state index in [2.05, 4.69) is 9.69 Å². The molecule has 2 heterocycles. The highest BCUT2D eigenvalue weighted by atomic mass is 32.1. The number of carbonyl (C=O) groups is 4. The standard InChI is InChI=1S/C24H27N5O6S/c1-4-14-7-9-15(10-8-14)29(24(33)21-18(25)19(22(26)31)28-36-21)20(16-11-6-13(3)35-16)23(32)27-12-17(30)34-5-2/h6-11,20H,4-5,12,25H2,1-3H3,(H2,26,31)(H,27,32)/t20-/m1/s1. The van der Waals surface area contributed by atoms with Crippen LogP contribution in [-0.4, -0.2) is 41.2 Å². The first-order valence-electron chi connectivity index (χ1n) is 11.1. The normalized spacial score (nSPS) is 11.5. The van der Waals surface area contributed by atoms with Crippen molar-refractivity contribution in [2.75, 3.05) is 23.8 Å². The smallest absolute Gasteiger partial charge is 0.325 e. The third kappa shape index (κ3) is 5.71. The Morgan fingerprint density at radius 3 is 2.36 bits per heavy atom. The van der Waals surface area contributed by atoms with Gasteiger partial charge >= 0.3 is 5.97 Å². The van der Waals surface area contributed by atoms with Gasteiger partial charge in [-0.3, -0.25) is 24.1 Å². The van der Waals surface area contributed by atoms with Crippen molar-refractivity contribution in [1.29, 1.82) is 0 Å². The number of amides is 3. The Labute approximate surface area is 211 Å². The number of furan rings is 1. The van der Waals surface area contributed by atoms with Gasteiger partial charge in [-0.05, 0) is 61.6 Å². The molecule has 3 amide bonds. The molecule has 1 atom stereocenters. The molecule has 0 aliphatic carbocycles. The van der Waals surface area contributed by atoms with E-state index in [4.69, 9.17) is 20.6 Å². The zero-order valence-corrected chi connectivity index (χ0v) is 20.9. The Kier molecular flexibility index (Phi) is 8.43. The summed E-state index contributed by atoms with van der Waals surface area (Å²) in [4.78, 5) is 52.0. The van der Waals surface area contributed by atoms with Gasteiger partial charge in [0.1, 0.15) is 22.9 Å². The molecule has 0 spiro atoms. The van der Waals surface area contributed by atoms with Gasteiger partial charge in [-0.15, -0.1) is 0 Å². The monoisotopic (exact) mass is 513 g/mol. The fourth-order valence-corrected chi connectivity index (χ4v) is 4.20. The van der Waals surface area contributed by atoms with E-state index in [1.54, 1.807) is 38.1 Å². The number of rotatable bonds is 10. The highest BCUT2D eigenvalue weighted by Crippen LogP contribution is 2.34. The van der Waals surface area contributed by atoms with E-state index < -0.39 is 36.3 Å². The summed E-state index contributed by atoms with van der Waals surface area (Å²) in [5, 5.41) is 2.51. The summed E-state index contributed by atoms with van der Waals surface area (Å²) in [5.41, 5.74) is 12.3. The maximum atomic E-state index is 13.9. The van der Waals surface area contributed by atoms with Gasteiger partial charge in [0.15, 0.2) is 11.7 Å². The lowest BCUT2D eigenvalue weighted by Crippen LogP contribution is -2.45. The Balaban J connectivity index is 2.13. The van der Waals surface area contributed by atoms with Crippen molar-refractivity contribution >= 4 is 46.6 Å². The lowest BCUT2D eigenvalue weighted by atomic mass is 10.1. The predicted molar refractivity (Wildman–Crippen MR) is 134 cm³/mol. The molecule has 0 radical (unpaired) electrons. The number of primary amides is 1. The van der Waals surface area contributed by atoms with Crippen LogP contribution in [0.2, 0.25) is 0 Å². The van der Waals surface area contributed by atoms with Crippen LogP contribution in [-0.2, 0) is 20.7 Å². The first kappa shape index (κ1) is 26.4. The molecule has 11 nitrogen and oxygen atoms in total. The molecule has 0 aliphatic rings. The molecule has 0 unspecified atom stereocenters. The molecule has 1 aromatic carbocycles. The fraction of sp³-hybridized carbons (Fsp3) is 0.292. The number of hydrogen-bond acceptors (Lipinski definition) is 9. The predicted octanol–water partition coefficient (Wildman–Crippen LogP) is 2.36. The number of ether oxygens (including phenoxy) is 1. The minimum absolute atomic E-state index is 0.0742. The Hall–Kier alpha value is -4.19. The third-order valence-corrected chi connectivity index (χ3v) is 6.10. The van der Waals surface area contributed by atoms with E-state index >= 15 is 0 Å². The van der Waals surface area contributed by atoms with Crippen LogP contribution in [0.15, 0.2) is 40.8 Å². The second-order valence-electron chi connectivity index (χ2n) is 7.71. The van der Waals surface area contributed by atoms with Crippen LogP contribution in [0.4, 0.5) is 11.4 Å². The first-order valence-corrected chi connectivity index (χ1v) is 11.9. The number of aromatic nitrogens is 1. The van der Waals surface area contributed by atoms with Gasteiger partial charge in [-0.25, -0.2) is 0 Å². The Morgan fingerprint density at radius 1 is 1.14 bits per heavy atom. The molecule has 36 heavy (non-hydrogen) atoms. The molecule has 0 saturated heterocycles. The van der Waals surface area contributed by atoms with Gasteiger partial charge in [0.25, 0.3) is 17.7 Å². The summed E-state index contributed by atoms with van der Waals surface area (Å²) in [6, 6.07) is 8.90. The highest BCUT2D eigenvalue weighted by Gasteiger charge is 2.38. The average molecular weight is 514 g/mol. The van der Waals surface area contributed by atoms with E-state index in [0.29, 0.717) is 23.0 Å². The molecular formula is C24H27N5O6S. The molecule has 3 aromatic rings. The van der Waals surface area contributed by atoms with E-state index in [-0.39, 0.29) is 28.6 Å². The Morgan fingerprint density at radius 2 is 1.83 bits per heavy atom. The maximum Gasteiger partial charge on any atom is 0.325 e. The van der Waals surface area contributed by atoms with E-state index in [1.807, 2.05) is 19.1 Å². The van der Waals surface area contributed by atoms with Crippen LogP contribution in [0.5, 0.6) is 0 Å². The minimum atomic E-state index is -1.33. The zero-order chi connectivity index (χ0) is 26.4. The molecule has 12 heteroatoms. The van der Waals surface area contributed by atoms with Crippen molar-refractivity contribution in [3.63, 3.8) is 0 Å². The number of carbonyl (C=O) groups excluding carboxylic acids is 4. The van der Waals surface area contributed by atoms with Crippen LogP contribution in [0, 0.1) is 6.92 Å². The van der Waals surface area contributed by atoms with Crippen molar-refractivity contribution in [2.45, 2.75) is 33.2 Å². The molecule has 5 N–H and O–H groups in total. The van der Waals surface area contributed by atoms with Crippen LogP contribution < -0.4 is 21.7 Å². The van der Waals surface area contributed by atoms with Crippen molar-refractivity contribution in [3.05, 3.63) is 64.1 Å². The SMILES string of the molecule is CCOC(=O)CNC(=O)[C@@H](c1ccc(C)o1)N(C(=O)c1snc(C(N)=O)c1N)c1ccc(CC)cc1. The van der Waals surface area contributed by atoms with Crippen LogP contribution in [0.25, 0.3) is 0 Å². The largest absolute Gasteiger partial charge is 0.465 e. The van der Waals surface area contributed by atoms with Crippen LogP contribution in [0.1, 0.15) is 57.1 Å². The van der Waals surface area contributed by atoms with Gasteiger partial charge in [-0.1, -0.05) is 19.1 Å².